The van der Waals surface area contributed by atoms with Gasteiger partial charge in [0.25, 0.3) is 0 Å². The van der Waals surface area contributed by atoms with Gasteiger partial charge in [-0.25, -0.2) is 4.79 Å². The molecule has 0 radical (unpaired) electrons. The number of carbonyl (C=O) groups excluding carboxylic acids is 3. The summed E-state index contributed by atoms with van der Waals surface area (Å²) in [4.78, 5) is 49.5. The van der Waals surface area contributed by atoms with Crippen LogP contribution in [0.15, 0.2) is 24.3 Å². The number of carboxylic acids is 1. The van der Waals surface area contributed by atoms with Gasteiger partial charge in [-0.15, -0.1) is 0 Å². The maximum absolute atomic E-state index is 12.9. The first-order valence-corrected chi connectivity index (χ1v) is 11.4. The molecule has 190 valence electrons. The van der Waals surface area contributed by atoms with Crippen LogP contribution >= 0.6 is 12.6 Å². The van der Waals surface area contributed by atoms with Crippen molar-refractivity contribution in [2.75, 3.05) is 5.75 Å². The highest BCUT2D eigenvalue weighted by molar-refractivity contribution is 7.80. The van der Waals surface area contributed by atoms with Gasteiger partial charge in [0, 0.05) is 12.2 Å². The fourth-order valence-corrected chi connectivity index (χ4v) is 3.32. The summed E-state index contributed by atoms with van der Waals surface area (Å²) < 4.78 is 0. The zero-order valence-electron chi connectivity index (χ0n) is 19.4. The van der Waals surface area contributed by atoms with Gasteiger partial charge < -0.3 is 37.0 Å². The standard InChI is InChI=1S/C22H34N4O7S/c1-11(2)8-15(23)19(29)26-18(12(3)27)21(31)24-16(9-13-4-6-14(28)7-5-13)20(30)25-17(10-34)22(32)33/h4-7,11-12,15-18,27-28,34H,8-10,23H2,1-3H3,(H,24,31)(H,25,30)(H,26,29)(H,32,33). The molecule has 0 saturated heterocycles. The number of rotatable bonds is 13. The Hall–Kier alpha value is -2.83. The van der Waals surface area contributed by atoms with E-state index in [4.69, 9.17) is 5.73 Å². The molecule has 1 aromatic carbocycles. The molecule has 5 atom stereocenters. The van der Waals surface area contributed by atoms with Crippen LogP contribution in [0.3, 0.4) is 0 Å². The molecule has 3 amide bonds. The summed E-state index contributed by atoms with van der Waals surface area (Å²) in [6.07, 6.45) is -0.993. The summed E-state index contributed by atoms with van der Waals surface area (Å²) in [6, 6.07) is 1.03. The van der Waals surface area contributed by atoms with E-state index < -0.39 is 54.0 Å². The minimum absolute atomic E-state index is 0.00409. The SMILES string of the molecule is CC(C)CC(N)C(=O)NC(C(=O)NC(Cc1ccc(O)cc1)C(=O)NC(CS)C(=O)O)C(C)O. The monoisotopic (exact) mass is 498 g/mol. The van der Waals surface area contributed by atoms with Gasteiger partial charge in [0.2, 0.25) is 17.7 Å². The van der Waals surface area contributed by atoms with Gasteiger partial charge in [-0.05, 0) is 37.0 Å². The molecule has 8 N–H and O–H groups in total. The Balaban J connectivity index is 3.07. The van der Waals surface area contributed by atoms with Crippen molar-refractivity contribution in [2.45, 2.75) is 63.9 Å². The molecule has 1 rings (SSSR count). The quantitative estimate of drug-likeness (QED) is 0.161. The van der Waals surface area contributed by atoms with E-state index in [1.807, 2.05) is 13.8 Å². The number of aliphatic hydroxyl groups is 1. The van der Waals surface area contributed by atoms with E-state index in [0.717, 1.165) is 0 Å². The number of amides is 3. The molecular formula is C22H34N4O7S. The third-order valence-corrected chi connectivity index (χ3v) is 5.30. The largest absolute Gasteiger partial charge is 0.508 e. The molecule has 0 aliphatic rings. The van der Waals surface area contributed by atoms with E-state index in [9.17, 15) is 34.5 Å². The summed E-state index contributed by atoms with van der Waals surface area (Å²) in [5, 5.41) is 36.0. The maximum atomic E-state index is 12.9. The number of benzene rings is 1. The van der Waals surface area contributed by atoms with E-state index in [-0.39, 0.29) is 23.8 Å². The first-order valence-electron chi connectivity index (χ1n) is 10.8. The average molecular weight is 499 g/mol. The average Bonchev–Trinajstić information content (AvgIpc) is 2.75. The third-order valence-electron chi connectivity index (χ3n) is 4.93. The van der Waals surface area contributed by atoms with Gasteiger partial charge in [-0.3, -0.25) is 14.4 Å². The molecule has 0 aliphatic carbocycles. The molecule has 0 aliphatic heterocycles. The number of hydrogen-bond acceptors (Lipinski definition) is 8. The predicted octanol–water partition coefficient (Wildman–Crippen LogP) is -0.842. The van der Waals surface area contributed by atoms with Gasteiger partial charge in [0.15, 0.2) is 0 Å². The fraction of sp³-hybridized carbons (Fsp3) is 0.545. The smallest absolute Gasteiger partial charge is 0.327 e. The van der Waals surface area contributed by atoms with E-state index in [2.05, 4.69) is 28.6 Å². The lowest BCUT2D eigenvalue weighted by Crippen LogP contribution is -2.60. The molecule has 0 bridgehead atoms. The predicted molar refractivity (Wildman–Crippen MR) is 128 cm³/mol. The van der Waals surface area contributed by atoms with E-state index in [0.29, 0.717) is 12.0 Å². The summed E-state index contributed by atoms with van der Waals surface area (Å²) in [6.45, 7) is 5.07. The van der Waals surface area contributed by atoms with Crippen molar-refractivity contribution in [3.63, 3.8) is 0 Å². The maximum Gasteiger partial charge on any atom is 0.327 e. The second-order valence-corrected chi connectivity index (χ2v) is 8.84. The molecule has 0 fully saturated rings. The Morgan fingerprint density at radius 1 is 0.941 bits per heavy atom. The minimum Gasteiger partial charge on any atom is -0.508 e. The molecule has 0 heterocycles. The van der Waals surface area contributed by atoms with Crippen molar-refractivity contribution < 1.29 is 34.5 Å². The number of hydrogen-bond donors (Lipinski definition) is 8. The zero-order chi connectivity index (χ0) is 26.0. The molecule has 5 unspecified atom stereocenters. The Labute approximate surface area is 203 Å². The van der Waals surface area contributed by atoms with E-state index in [1.165, 1.54) is 31.2 Å². The number of nitrogens with one attached hydrogen (secondary N) is 3. The first-order chi connectivity index (χ1) is 15.8. The van der Waals surface area contributed by atoms with Crippen molar-refractivity contribution >= 4 is 36.3 Å². The lowest BCUT2D eigenvalue weighted by molar-refractivity contribution is -0.141. The van der Waals surface area contributed by atoms with Crippen LogP contribution in [0.4, 0.5) is 0 Å². The number of aliphatic hydroxyl groups excluding tert-OH is 1. The Kier molecular flexibility index (Phi) is 11.8. The molecule has 0 aromatic heterocycles. The molecule has 12 heteroatoms. The van der Waals surface area contributed by atoms with Gasteiger partial charge in [-0.1, -0.05) is 26.0 Å². The normalized spacial score (nSPS) is 15.5. The number of nitrogens with two attached hydrogens (primary N) is 1. The summed E-state index contributed by atoms with van der Waals surface area (Å²) in [5.74, 6) is -3.62. The second kappa shape index (κ2) is 13.8. The first kappa shape index (κ1) is 29.2. The Bertz CT molecular complexity index is 848. The second-order valence-electron chi connectivity index (χ2n) is 8.48. The van der Waals surface area contributed by atoms with Crippen molar-refractivity contribution in [3.05, 3.63) is 29.8 Å². The van der Waals surface area contributed by atoms with Gasteiger partial charge in [0.05, 0.1) is 12.1 Å². The molecule has 34 heavy (non-hydrogen) atoms. The lowest BCUT2D eigenvalue weighted by atomic mass is 10.0. The molecular weight excluding hydrogens is 464 g/mol. The van der Waals surface area contributed by atoms with Crippen LogP contribution in [0, 0.1) is 5.92 Å². The summed E-state index contributed by atoms with van der Waals surface area (Å²) in [5.41, 5.74) is 6.42. The van der Waals surface area contributed by atoms with Crippen LogP contribution in [0.5, 0.6) is 5.75 Å². The number of phenols is 1. The lowest BCUT2D eigenvalue weighted by Gasteiger charge is -2.26. The van der Waals surface area contributed by atoms with Gasteiger partial charge in [-0.2, -0.15) is 12.6 Å². The molecule has 1 aromatic rings. The fourth-order valence-electron chi connectivity index (χ4n) is 3.08. The molecule has 11 nitrogen and oxygen atoms in total. The van der Waals surface area contributed by atoms with E-state index >= 15 is 0 Å². The highest BCUT2D eigenvalue weighted by Crippen LogP contribution is 2.12. The van der Waals surface area contributed by atoms with Crippen LogP contribution in [0.25, 0.3) is 0 Å². The van der Waals surface area contributed by atoms with Crippen LogP contribution in [0.2, 0.25) is 0 Å². The van der Waals surface area contributed by atoms with Crippen molar-refractivity contribution in [1.82, 2.24) is 16.0 Å². The number of aliphatic carboxylic acids is 1. The Morgan fingerprint density at radius 2 is 1.50 bits per heavy atom. The highest BCUT2D eigenvalue weighted by atomic mass is 32.1. The topological polar surface area (TPSA) is 191 Å². The van der Waals surface area contributed by atoms with Crippen molar-refractivity contribution in [2.24, 2.45) is 11.7 Å². The summed E-state index contributed by atoms with van der Waals surface area (Å²) >= 11 is 3.91. The van der Waals surface area contributed by atoms with Crippen LogP contribution in [-0.4, -0.2) is 75.0 Å². The highest BCUT2D eigenvalue weighted by Gasteiger charge is 2.32. The third kappa shape index (κ3) is 9.57. The van der Waals surface area contributed by atoms with Crippen LogP contribution in [-0.2, 0) is 25.6 Å². The zero-order valence-corrected chi connectivity index (χ0v) is 20.3. The summed E-state index contributed by atoms with van der Waals surface area (Å²) in [7, 11) is 0. The van der Waals surface area contributed by atoms with Crippen molar-refractivity contribution in [1.29, 1.82) is 0 Å². The molecule has 0 spiro atoms. The van der Waals surface area contributed by atoms with Gasteiger partial charge in [0.1, 0.15) is 23.9 Å². The minimum atomic E-state index is -1.40. The number of aromatic hydroxyl groups is 1. The van der Waals surface area contributed by atoms with Crippen molar-refractivity contribution in [3.8, 4) is 5.75 Å². The Morgan fingerprint density at radius 3 is 1.97 bits per heavy atom. The number of carbonyl (C=O) groups is 4. The molecule has 0 saturated carbocycles. The van der Waals surface area contributed by atoms with Gasteiger partial charge >= 0.3 is 5.97 Å². The number of carboxylic acid groups (broad SMARTS) is 1. The van der Waals surface area contributed by atoms with Crippen LogP contribution < -0.4 is 21.7 Å². The number of thiol groups is 1. The number of phenolic OH excluding ortho intramolecular Hbond substituents is 1. The van der Waals surface area contributed by atoms with E-state index in [1.54, 1.807) is 0 Å². The van der Waals surface area contributed by atoms with Crippen LogP contribution in [0.1, 0.15) is 32.8 Å².